The number of anilines is 1. The lowest BCUT2D eigenvalue weighted by molar-refractivity contribution is -0.115. The summed E-state index contributed by atoms with van der Waals surface area (Å²) in [6, 6.07) is 21.9. The molecule has 1 heterocycles. The van der Waals surface area contributed by atoms with E-state index in [0.29, 0.717) is 28.4 Å². The molecule has 3 aromatic carbocycles. The average molecular weight is 474 g/mol. The molecule has 0 aliphatic heterocycles. The number of amides is 1. The largest absolute Gasteiger partial charge is 0.497 e. The molecule has 0 saturated carbocycles. The van der Waals surface area contributed by atoms with Crippen LogP contribution in [0.5, 0.6) is 5.75 Å². The van der Waals surface area contributed by atoms with Crippen LogP contribution < -0.4 is 10.1 Å². The Bertz CT molecular complexity index is 1370. The van der Waals surface area contributed by atoms with E-state index >= 15 is 0 Å². The zero-order valence-corrected chi connectivity index (χ0v) is 19.3. The minimum Gasteiger partial charge on any atom is -0.497 e. The van der Waals surface area contributed by atoms with Gasteiger partial charge in [-0.25, -0.2) is 13.9 Å². The van der Waals surface area contributed by atoms with Crippen molar-refractivity contribution in [3.05, 3.63) is 95.9 Å². The van der Waals surface area contributed by atoms with Crippen molar-refractivity contribution in [2.45, 2.75) is 13.3 Å². The number of nitrogens with zero attached hydrogens (tertiary/aromatic N) is 2. The summed E-state index contributed by atoms with van der Waals surface area (Å²) in [4.78, 5) is 25.0. The molecule has 7 nitrogen and oxygen atoms in total. The van der Waals surface area contributed by atoms with Crippen LogP contribution in [0.25, 0.3) is 16.9 Å². The first-order valence-electron chi connectivity index (χ1n) is 11.0. The predicted molar refractivity (Wildman–Crippen MR) is 130 cm³/mol. The average Bonchev–Trinajstić information content (AvgIpc) is 3.30. The smallest absolute Gasteiger partial charge is 0.358 e. The van der Waals surface area contributed by atoms with Crippen LogP contribution in [-0.4, -0.2) is 35.4 Å². The van der Waals surface area contributed by atoms with Gasteiger partial charge in [0, 0.05) is 11.3 Å². The molecular weight excluding hydrogens is 449 g/mol. The van der Waals surface area contributed by atoms with Crippen LogP contribution >= 0.6 is 0 Å². The topological polar surface area (TPSA) is 82.5 Å². The van der Waals surface area contributed by atoms with Gasteiger partial charge in [-0.15, -0.1) is 0 Å². The third-order valence-electron chi connectivity index (χ3n) is 5.19. The van der Waals surface area contributed by atoms with Crippen molar-refractivity contribution in [3.63, 3.8) is 0 Å². The predicted octanol–water partition coefficient (Wildman–Crippen LogP) is 5.04. The van der Waals surface area contributed by atoms with Gasteiger partial charge < -0.3 is 14.8 Å². The van der Waals surface area contributed by atoms with Gasteiger partial charge in [-0.2, -0.15) is 5.10 Å². The zero-order valence-electron chi connectivity index (χ0n) is 19.3. The summed E-state index contributed by atoms with van der Waals surface area (Å²) in [5, 5.41) is 7.25. The normalized spacial score (nSPS) is 10.6. The van der Waals surface area contributed by atoms with Crippen LogP contribution in [0.2, 0.25) is 0 Å². The fraction of sp³-hybridized carbons (Fsp3) is 0.148. The number of aromatic nitrogens is 2. The highest BCUT2D eigenvalue weighted by molar-refractivity contribution is 5.93. The van der Waals surface area contributed by atoms with Gasteiger partial charge in [0.15, 0.2) is 5.69 Å². The molecule has 1 aromatic heterocycles. The number of hydrogen-bond donors (Lipinski definition) is 1. The third kappa shape index (κ3) is 5.73. The number of carbonyl (C=O) groups excluding carboxylic acids is 2. The number of hydrogen-bond acceptors (Lipinski definition) is 5. The summed E-state index contributed by atoms with van der Waals surface area (Å²) < 4.78 is 25.7. The van der Waals surface area contributed by atoms with E-state index in [1.165, 1.54) is 16.8 Å². The molecule has 0 fully saturated rings. The Morgan fingerprint density at radius 2 is 1.80 bits per heavy atom. The maximum Gasteiger partial charge on any atom is 0.358 e. The molecule has 0 aliphatic rings. The molecule has 4 rings (SSSR count). The van der Waals surface area contributed by atoms with Crippen molar-refractivity contribution in [1.82, 2.24) is 9.78 Å². The minimum atomic E-state index is -0.577. The third-order valence-corrected chi connectivity index (χ3v) is 5.19. The van der Waals surface area contributed by atoms with E-state index in [-0.39, 0.29) is 24.6 Å². The second-order valence-electron chi connectivity index (χ2n) is 7.68. The van der Waals surface area contributed by atoms with E-state index in [1.54, 1.807) is 50.4 Å². The van der Waals surface area contributed by atoms with Gasteiger partial charge in [0.05, 0.1) is 31.5 Å². The molecule has 178 valence electrons. The summed E-state index contributed by atoms with van der Waals surface area (Å²) in [7, 11) is 1.58. The lowest BCUT2D eigenvalue weighted by atomic mass is 10.1. The van der Waals surface area contributed by atoms with Crippen molar-refractivity contribution >= 4 is 17.6 Å². The summed E-state index contributed by atoms with van der Waals surface area (Å²) in [6.07, 6.45) is 0.176. The lowest BCUT2D eigenvalue weighted by Gasteiger charge is -2.10. The summed E-state index contributed by atoms with van der Waals surface area (Å²) in [5.41, 5.74) is 3.15. The van der Waals surface area contributed by atoms with Gasteiger partial charge in [-0.1, -0.05) is 30.3 Å². The Balaban J connectivity index is 1.63. The Hall–Kier alpha value is -4.46. The van der Waals surface area contributed by atoms with Crippen LogP contribution in [0.3, 0.4) is 0 Å². The van der Waals surface area contributed by atoms with Crippen molar-refractivity contribution in [2.24, 2.45) is 0 Å². The number of nitrogens with one attached hydrogen (secondary N) is 1. The standard InChI is InChI=1S/C27H24FN3O4/c1-3-35-27(33)24-17-25(31(30-24)22-11-6-9-20(28)16-22)19-8-5-10-21(15-19)29-26(32)14-18-7-4-12-23(13-18)34-2/h4-13,15-17H,3,14H2,1-2H3,(H,29,32). The molecule has 35 heavy (non-hydrogen) atoms. The van der Waals surface area contributed by atoms with Gasteiger partial charge in [0.25, 0.3) is 0 Å². The van der Waals surface area contributed by atoms with Gasteiger partial charge in [0.1, 0.15) is 11.6 Å². The molecule has 0 saturated heterocycles. The first kappa shape index (κ1) is 23.7. The van der Waals surface area contributed by atoms with Gasteiger partial charge >= 0.3 is 5.97 Å². The SMILES string of the molecule is CCOC(=O)c1cc(-c2cccc(NC(=O)Cc3cccc(OC)c3)c2)n(-c2cccc(F)c2)n1. The summed E-state index contributed by atoms with van der Waals surface area (Å²) >= 11 is 0. The van der Waals surface area contributed by atoms with Crippen LogP contribution in [-0.2, 0) is 16.0 Å². The number of carbonyl (C=O) groups is 2. The summed E-state index contributed by atoms with van der Waals surface area (Å²) in [6.45, 7) is 1.91. The van der Waals surface area contributed by atoms with E-state index in [2.05, 4.69) is 10.4 Å². The molecule has 1 amide bonds. The molecule has 0 radical (unpaired) electrons. The number of benzene rings is 3. The fourth-order valence-electron chi connectivity index (χ4n) is 3.63. The maximum atomic E-state index is 13.9. The molecule has 0 aliphatic carbocycles. The van der Waals surface area contributed by atoms with Crippen molar-refractivity contribution < 1.29 is 23.5 Å². The molecule has 0 spiro atoms. The van der Waals surface area contributed by atoms with E-state index in [1.807, 2.05) is 30.3 Å². The van der Waals surface area contributed by atoms with Crippen molar-refractivity contribution in [1.29, 1.82) is 0 Å². The highest BCUT2D eigenvalue weighted by Crippen LogP contribution is 2.27. The fourth-order valence-corrected chi connectivity index (χ4v) is 3.63. The van der Waals surface area contributed by atoms with Gasteiger partial charge in [-0.3, -0.25) is 4.79 Å². The Kier molecular flexibility index (Phi) is 7.21. The van der Waals surface area contributed by atoms with Crippen LogP contribution in [0.15, 0.2) is 78.9 Å². The number of methoxy groups -OCH3 is 1. The van der Waals surface area contributed by atoms with Crippen LogP contribution in [0, 0.1) is 5.82 Å². The number of rotatable bonds is 8. The van der Waals surface area contributed by atoms with E-state index < -0.39 is 11.8 Å². The molecule has 0 bridgehead atoms. The Morgan fingerprint density at radius 3 is 2.57 bits per heavy atom. The molecular formula is C27H24FN3O4. The number of ether oxygens (including phenoxy) is 2. The summed E-state index contributed by atoms with van der Waals surface area (Å²) in [5.74, 6) is -0.520. The van der Waals surface area contributed by atoms with Crippen molar-refractivity contribution in [2.75, 3.05) is 19.0 Å². The van der Waals surface area contributed by atoms with Crippen LogP contribution in [0.1, 0.15) is 23.0 Å². The maximum absolute atomic E-state index is 13.9. The zero-order chi connectivity index (χ0) is 24.8. The Morgan fingerprint density at radius 1 is 1.00 bits per heavy atom. The molecule has 8 heteroatoms. The Labute approximate surface area is 202 Å². The molecule has 0 atom stereocenters. The molecule has 1 N–H and O–H groups in total. The monoisotopic (exact) mass is 473 g/mol. The van der Waals surface area contributed by atoms with Crippen LogP contribution in [0.4, 0.5) is 10.1 Å². The van der Waals surface area contributed by atoms with E-state index in [0.717, 1.165) is 5.56 Å². The van der Waals surface area contributed by atoms with Crippen molar-refractivity contribution in [3.8, 4) is 22.7 Å². The second kappa shape index (κ2) is 10.6. The quantitative estimate of drug-likeness (QED) is 0.363. The number of halogens is 1. The second-order valence-corrected chi connectivity index (χ2v) is 7.68. The number of esters is 1. The van der Waals surface area contributed by atoms with Gasteiger partial charge in [0.2, 0.25) is 5.91 Å². The van der Waals surface area contributed by atoms with E-state index in [9.17, 15) is 14.0 Å². The minimum absolute atomic E-state index is 0.0959. The molecule has 4 aromatic rings. The highest BCUT2D eigenvalue weighted by atomic mass is 19.1. The first-order chi connectivity index (χ1) is 17.0. The van der Waals surface area contributed by atoms with E-state index in [4.69, 9.17) is 9.47 Å². The molecule has 0 unspecified atom stereocenters. The van der Waals surface area contributed by atoms with Gasteiger partial charge in [-0.05, 0) is 61.0 Å². The lowest BCUT2D eigenvalue weighted by Crippen LogP contribution is -2.14. The highest BCUT2D eigenvalue weighted by Gasteiger charge is 2.18. The first-order valence-corrected chi connectivity index (χ1v) is 11.0.